The van der Waals surface area contributed by atoms with Gasteiger partial charge in [0.1, 0.15) is 12.0 Å². The van der Waals surface area contributed by atoms with E-state index < -0.39 is 17.5 Å². The molecule has 0 saturated heterocycles. The van der Waals surface area contributed by atoms with Crippen LogP contribution in [0.4, 0.5) is 14.5 Å². The quantitative estimate of drug-likeness (QED) is 0.761. The van der Waals surface area contributed by atoms with E-state index in [1.807, 2.05) is 6.07 Å². The van der Waals surface area contributed by atoms with Gasteiger partial charge in [-0.05, 0) is 44.9 Å². The van der Waals surface area contributed by atoms with Gasteiger partial charge in [0.05, 0.1) is 17.0 Å². The minimum absolute atomic E-state index is 0.0128. The van der Waals surface area contributed by atoms with Crippen LogP contribution >= 0.6 is 0 Å². The van der Waals surface area contributed by atoms with Crippen molar-refractivity contribution in [3.8, 4) is 5.69 Å². The van der Waals surface area contributed by atoms with Crippen LogP contribution in [0.25, 0.3) is 5.69 Å². The molecule has 1 N–H and O–H groups in total. The number of nitrogens with one attached hydrogen (secondary N) is 1. The Morgan fingerprint density at radius 2 is 1.89 bits per heavy atom. The van der Waals surface area contributed by atoms with Crippen molar-refractivity contribution < 1.29 is 13.6 Å². The van der Waals surface area contributed by atoms with Crippen molar-refractivity contribution in [1.29, 1.82) is 0 Å². The number of aromatic nitrogens is 4. The Hall–Kier alpha value is -3.16. The van der Waals surface area contributed by atoms with Crippen LogP contribution in [0.2, 0.25) is 0 Å². The number of carbonyl (C=O) groups excluding carboxylic acids is 1. The molecule has 1 aliphatic carbocycles. The maximum Gasteiger partial charge on any atom is 0.259 e. The fraction of sp³-hybridized carbons (Fsp3) is 0.263. The molecule has 8 heteroatoms. The monoisotopic (exact) mass is 369 g/mol. The average molecular weight is 369 g/mol. The zero-order chi connectivity index (χ0) is 19.1. The first kappa shape index (κ1) is 17.3. The summed E-state index contributed by atoms with van der Waals surface area (Å²) in [5, 5.41) is 6.73. The van der Waals surface area contributed by atoms with Gasteiger partial charge in [-0.3, -0.25) is 4.79 Å². The number of carbonyl (C=O) groups is 1. The molecule has 2 aromatic heterocycles. The van der Waals surface area contributed by atoms with Crippen molar-refractivity contribution in [2.45, 2.75) is 32.6 Å². The molecule has 138 valence electrons. The van der Waals surface area contributed by atoms with Crippen LogP contribution in [0.15, 0.2) is 30.7 Å². The maximum atomic E-state index is 14.7. The molecule has 27 heavy (non-hydrogen) atoms. The first-order valence-electron chi connectivity index (χ1n) is 8.58. The van der Waals surface area contributed by atoms with Crippen molar-refractivity contribution in [3.63, 3.8) is 0 Å². The molecular weight excluding hydrogens is 352 g/mol. The van der Waals surface area contributed by atoms with E-state index in [1.54, 1.807) is 13.8 Å². The first-order chi connectivity index (χ1) is 12.9. The highest BCUT2D eigenvalue weighted by molar-refractivity contribution is 6.04. The summed E-state index contributed by atoms with van der Waals surface area (Å²) in [6.45, 7) is 3.44. The molecular formula is C19H17F2N5O. The molecule has 1 amide bonds. The lowest BCUT2D eigenvalue weighted by Crippen LogP contribution is -2.15. The first-order valence-corrected chi connectivity index (χ1v) is 8.58. The Morgan fingerprint density at radius 1 is 1.19 bits per heavy atom. The number of hydrogen-bond donors (Lipinski definition) is 1. The Balaban J connectivity index is 1.67. The summed E-state index contributed by atoms with van der Waals surface area (Å²) in [4.78, 5) is 20.0. The van der Waals surface area contributed by atoms with Gasteiger partial charge in [0, 0.05) is 23.5 Å². The number of nitrogens with zero attached hydrogens (tertiary/aromatic N) is 4. The molecule has 0 radical (unpaired) electrons. The standard InChI is InChI=1S/C19H17F2N5O/c1-10-5-17(12-3-4-12)26(25-10)18-15(20)6-13(7-16(18)21)24-19(27)14-8-22-9-23-11(14)2/h5-9,12H,3-4H2,1-2H3,(H,24,27). The molecule has 1 fully saturated rings. The zero-order valence-electron chi connectivity index (χ0n) is 14.8. The fourth-order valence-corrected chi connectivity index (χ4v) is 3.02. The summed E-state index contributed by atoms with van der Waals surface area (Å²) < 4.78 is 30.8. The third kappa shape index (κ3) is 3.30. The summed E-state index contributed by atoms with van der Waals surface area (Å²) in [7, 11) is 0. The normalized spacial score (nSPS) is 13.6. The van der Waals surface area contributed by atoms with Crippen LogP contribution in [0.5, 0.6) is 0 Å². The number of benzene rings is 1. The molecule has 1 aliphatic rings. The van der Waals surface area contributed by atoms with Crippen molar-refractivity contribution in [2.75, 3.05) is 5.32 Å². The Bertz CT molecular complexity index is 1020. The van der Waals surface area contributed by atoms with E-state index in [2.05, 4.69) is 20.4 Å². The topological polar surface area (TPSA) is 72.7 Å². The lowest BCUT2D eigenvalue weighted by Gasteiger charge is -2.12. The van der Waals surface area contributed by atoms with Gasteiger partial charge in [0.2, 0.25) is 0 Å². The molecule has 4 rings (SSSR count). The summed E-state index contributed by atoms with van der Waals surface area (Å²) in [5.74, 6) is -1.84. The summed E-state index contributed by atoms with van der Waals surface area (Å²) in [5.41, 5.74) is 2.00. The van der Waals surface area contributed by atoms with Gasteiger partial charge in [0.15, 0.2) is 11.6 Å². The predicted octanol–water partition coefficient (Wildman–Crippen LogP) is 3.69. The third-order valence-corrected chi connectivity index (χ3v) is 4.50. The van der Waals surface area contributed by atoms with Gasteiger partial charge in [-0.2, -0.15) is 5.10 Å². The molecule has 0 spiro atoms. The van der Waals surface area contributed by atoms with Gasteiger partial charge in [0.25, 0.3) is 5.91 Å². The molecule has 0 bridgehead atoms. The Morgan fingerprint density at radius 3 is 2.52 bits per heavy atom. The Kier molecular flexibility index (Phi) is 4.18. The van der Waals surface area contributed by atoms with E-state index in [0.29, 0.717) is 11.4 Å². The SMILES string of the molecule is Cc1cc(C2CC2)n(-c2c(F)cc(NC(=O)c3cncnc3C)cc2F)n1. The van der Waals surface area contributed by atoms with E-state index in [9.17, 15) is 13.6 Å². The van der Waals surface area contributed by atoms with Gasteiger partial charge in [-0.15, -0.1) is 0 Å². The highest BCUT2D eigenvalue weighted by Gasteiger charge is 2.30. The van der Waals surface area contributed by atoms with Crippen LogP contribution in [0, 0.1) is 25.5 Å². The maximum absolute atomic E-state index is 14.7. The van der Waals surface area contributed by atoms with Gasteiger partial charge >= 0.3 is 0 Å². The van der Waals surface area contributed by atoms with Crippen LogP contribution < -0.4 is 5.32 Å². The number of halogens is 2. The van der Waals surface area contributed by atoms with Gasteiger partial charge in [-0.25, -0.2) is 23.4 Å². The van der Waals surface area contributed by atoms with E-state index in [-0.39, 0.29) is 22.9 Å². The smallest absolute Gasteiger partial charge is 0.259 e. The number of aryl methyl sites for hydroxylation is 2. The summed E-state index contributed by atoms with van der Waals surface area (Å²) in [6, 6.07) is 4.02. The predicted molar refractivity (Wildman–Crippen MR) is 94.9 cm³/mol. The number of amides is 1. The lowest BCUT2D eigenvalue weighted by atomic mass is 10.2. The van der Waals surface area contributed by atoms with Crippen molar-refractivity contribution in [2.24, 2.45) is 0 Å². The van der Waals surface area contributed by atoms with Crippen molar-refractivity contribution in [1.82, 2.24) is 19.7 Å². The largest absolute Gasteiger partial charge is 0.322 e. The second-order valence-electron chi connectivity index (χ2n) is 6.66. The minimum Gasteiger partial charge on any atom is -0.322 e. The molecule has 3 aromatic rings. The second-order valence-corrected chi connectivity index (χ2v) is 6.66. The van der Waals surface area contributed by atoms with Crippen LogP contribution in [-0.4, -0.2) is 25.7 Å². The molecule has 1 aromatic carbocycles. The van der Waals surface area contributed by atoms with Gasteiger partial charge in [-0.1, -0.05) is 0 Å². The van der Waals surface area contributed by atoms with Crippen LogP contribution in [0.3, 0.4) is 0 Å². The molecule has 1 saturated carbocycles. The third-order valence-electron chi connectivity index (χ3n) is 4.50. The van der Waals surface area contributed by atoms with Crippen LogP contribution in [0.1, 0.15) is 46.2 Å². The zero-order valence-corrected chi connectivity index (χ0v) is 14.8. The van der Waals surface area contributed by atoms with E-state index in [4.69, 9.17) is 0 Å². The van der Waals surface area contributed by atoms with E-state index in [0.717, 1.165) is 30.7 Å². The number of anilines is 1. The highest BCUT2D eigenvalue weighted by Crippen LogP contribution is 2.41. The highest BCUT2D eigenvalue weighted by atomic mass is 19.1. The lowest BCUT2D eigenvalue weighted by molar-refractivity contribution is 0.102. The van der Waals surface area contributed by atoms with E-state index >= 15 is 0 Å². The summed E-state index contributed by atoms with van der Waals surface area (Å²) >= 11 is 0. The molecule has 6 nitrogen and oxygen atoms in total. The van der Waals surface area contributed by atoms with E-state index in [1.165, 1.54) is 17.2 Å². The van der Waals surface area contributed by atoms with Gasteiger partial charge < -0.3 is 5.32 Å². The molecule has 0 aliphatic heterocycles. The molecule has 2 heterocycles. The summed E-state index contributed by atoms with van der Waals surface area (Å²) in [6.07, 6.45) is 4.65. The minimum atomic E-state index is -0.795. The molecule has 0 atom stereocenters. The fourth-order valence-electron chi connectivity index (χ4n) is 3.02. The second kappa shape index (κ2) is 6.53. The number of rotatable bonds is 4. The van der Waals surface area contributed by atoms with Crippen molar-refractivity contribution in [3.05, 3.63) is 65.0 Å². The van der Waals surface area contributed by atoms with Crippen molar-refractivity contribution >= 4 is 11.6 Å². The number of hydrogen-bond acceptors (Lipinski definition) is 4. The molecule has 0 unspecified atom stereocenters. The average Bonchev–Trinajstić information content (AvgIpc) is 3.37. The van der Waals surface area contributed by atoms with Crippen LogP contribution in [-0.2, 0) is 0 Å². The Labute approximate surface area is 154 Å².